The van der Waals surface area contributed by atoms with Crippen molar-refractivity contribution in [1.29, 1.82) is 0 Å². The maximum atomic E-state index is 11.6. The van der Waals surface area contributed by atoms with Crippen molar-refractivity contribution in [2.24, 2.45) is 0 Å². The number of methoxy groups -OCH3 is 1. The lowest BCUT2D eigenvalue weighted by atomic mass is 9.56. The summed E-state index contributed by atoms with van der Waals surface area (Å²) in [6.45, 7) is 2.11. The second-order valence-electron chi connectivity index (χ2n) is 12.7. The predicted molar refractivity (Wildman–Crippen MR) is 181 cm³/mol. The predicted octanol–water partition coefficient (Wildman–Crippen LogP) is 10.4. The third kappa shape index (κ3) is 3.87. The molecular weight excluding hydrogens is 536 g/mol. The molecule has 2 aliphatic rings. The molecule has 2 aliphatic carbocycles. The number of ether oxygens (including phenoxy) is 1. The fourth-order valence-corrected chi connectivity index (χ4v) is 8.39. The van der Waals surface area contributed by atoms with Crippen LogP contribution in [0.4, 0.5) is 0 Å². The molecule has 0 atom stereocenters. The molecule has 1 saturated carbocycles. The van der Waals surface area contributed by atoms with E-state index in [4.69, 9.17) is 4.74 Å². The second kappa shape index (κ2) is 10.1. The van der Waals surface area contributed by atoms with E-state index in [2.05, 4.69) is 128 Å². The van der Waals surface area contributed by atoms with Gasteiger partial charge in [-0.3, -0.25) is 0 Å². The van der Waals surface area contributed by atoms with Crippen LogP contribution in [0.25, 0.3) is 33.0 Å². The van der Waals surface area contributed by atoms with Gasteiger partial charge in [-0.2, -0.15) is 0 Å². The zero-order chi connectivity index (χ0) is 29.9. The van der Waals surface area contributed by atoms with Crippen LogP contribution in [0.15, 0.2) is 127 Å². The molecule has 0 radical (unpaired) electrons. The first-order valence-electron chi connectivity index (χ1n) is 15.7. The lowest BCUT2D eigenvalue weighted by Crippen LogP contribution is -2.40. The van der Waals surface area contributed by atoms with Crippen LogP contribution in [0.1, 0.15) is 53.5 Å². The minimum atomic E-state index is -0.158. The van der Waals surface area contributed by atoms with Crippen molar-refractivity contribution >= 4 is 10.8 Å². The van der Waals surface area contributed by atoms with E-state index in [-0.39, 0.29) is 10.8 Å². The second-order valence-corrected chi connectivity index (χ2v) is 12.7. The van der Waals surface area contributed by atoms with E-state index in [9.17, 15) is 5.11 Å². The molecule has 0 aromatic heterocycles. The quantitative estimate of drug-likeness (QED) is 0.228. The summed E-state index contributed by atoms with van der Waals surface area (Å²) in [4.78, 5) is 0. The van der Waals surface area contributed by atoms with Crippen molar-refractivity contribution in [2.75, 3.05) is 7.11 Å². The van der Waals surface area contributed by atoms with Gasteiger partial charge in [0, 0.05) is 21.8 Å². The Hall–Kier alpha value is -4.82. The van der Waals surface area contributed by atoms with Gasteiger partial charge < -0.3 is 9.84 Å². The Bertz CT molecular complexity index is 1960. The van der Waals surface area contributed by atoms with E-state index < -0.39 is 0 Å². The lowest BCUT2D eigenvalue weighted by molar-refractivity contribution is 0.260. The highest BCUT2D eigenvalue weighted by Crippen LogP contribution is 2.62. The molecule has 2 nitrogen and oxygen atoms in total. The van der Waals surface area contributed by atoms with Crippen LogP contribution in [-0.2, 0) is 10.8 Å². The lowest BCUT2D eigenvalue weighted by Gasteiger charge is -2.47. The van der Waals surface area contributed by atoms with Gasteiger partial charge in [-0.1, -0.05) is 115 Å². The zero-order valence-corrected chi connectivity index (χ0v) is 25.3. The molecule has 44 heavy (non-hydrogen) atoms. The number of aromatic hydroxyl groups is 1. The maximum Gasteiger partial charge on any atom is 0.127 e. The van der Waals surface area contributed by atoms with Gasteiger partial charge >= 0.3 is 0 Å². The number of benzene rings is 6. The van der Waals surface area contributed by atoms with Gasteiger partial charge in [-0.15, -0.1) is 0 Å². The first-order chi connectivity index (χ1) is 21.5. The summed E-state index contributed by atoms with van der Waals surface area (Å²) >= 11 is 0. The molecule has 0 aliphatic heterocycles. The fourth-order valence-electron chi connectivity index (χ4n) is 8.39. The SMILES string of the molecule is COc1cc2c(O)cc3c(c2cc1-c1ccc(C)cc1)-c1ccccc1C31CCC(c2ccccc2)(c2ccccc2)CC1. The van der Waals surface area contributed by atoms with Crippen molar-refractivity contribution in [3.63, 3.8) is 0 Å². The van der Waals surface area contributed by atoms with Gasteiger partial charge in [0.1, 0.15) is 11.5 Å². The topological polar surface area (TPSA) is 29.5 Å². The molecule has 1 N–H and O–H groups in total. The molecule has 0 unspecified atom stereocenters. The maximum absolute atomic E-state index is 11.6. The number of rotatable bonds is 4. The molecule has 1 spiro atoms. The Labute approximate surface area is 259 Å². The normalized spacial score (nSPS) is 16.0. The summed E-state index contributed by atoms with van der Waals surface area (Å²) < 4.78 is 5.89. The molecule has 6 aromatic carbocycles. The summed E-state index contributed by atoms with van der Waals surface area (Å²) in [6.07, 6.45) is 4.08. The number of aryl methyl sites for hydroxylation is 1. The van der Waals surface area contributed by atoms with Crippen LogP contribution in [0, 0.1) is 6.92 Å². The van der Waals surface area contributed by atoms with E-state index in [0.29, 0.717) is 5.75 Å². The highest BCUT2D eigenvalue weighted by molar-refractivity contribution is 6.07. The van der Waals surface area contributed by atoms with E-state index in [1.54, 1.807) is 7.11 Å². The Morgan fingerprint density at radius 3 is 1.80 bits per heavy atom. The smallest absolute Gasteiger partial charge is 0.127 e. The van der Waals surface area contributed by atoms with Crippen LogP contribution in [-0.4, -0.2) is 12.2 Å². The van der Waals surface area contributed by atoms with Crippen LogP contribution >= 0.6 is 0 Å². The van der Waals surface area contributed by atoms with Gasteiger partial charge in [0.25, 0.3) is 0 Å². The molecule has 216 valence electrons. The standard InChI is InChI=1S/C42H36O2/c1-28-17-19-29(20-18-28)33-25-35-34(26-39(33)44-2)38(43)27-37-40(35)32-15-9-10-16-36(32)42(37)23-21-41(22-24-42,30-11-5-3-6-12-30)31-13-7-4-8-14-31/h3-20,25-27,43H,21-24H2,1-2H3. The molecule has 2 heteroatoms. The van der Waals surface area contributed by atoms with E-state index >= 15 is 0 Å². The molecule has 8 rings (SSSR count). The molecule has 0 bridgehead atoms. The number of hydrogen-bond donors (Lipinski definition) is 1. The van der Waals surface area contributed by atoms with Crippen molar-refractivity contribution in [1.82, 2.24) is 0 Å². The van der Waals surface area contributed by atoms with E-state index in [1.807, 2.05) is 6.07 Å². The van der Waals surface area contributed by atoms with Crippen molar-refractivity contribution in [3.05, 3.63) is 155 Å². The van der Waals surface area contributed by atoms with Crippen molar-refractivity contribution < 1.29 is 9.84 Å². The zero-order valence-electron chi connectivity index (χ0n) is 25.3. The Morgan fingerprint density at radius 1 is 0.568 bits per heavy atom. The number of hydrogen-bond acceptors (Lipinski definition) is 2. The summed E-state index contributed by atoms with van der Waals surface area (Å²) in [5.74, 6) is 1.09. The van der Waals surface area contributed by atoms with Gasteiger partial charge in [-0.05, 0) is 95.1 Å². The average molecular weight is 573 g/mol. The van der Waals surface area contributed by atoms with Crippen molar-refractivity contribution in [3.8, 4) is 33.8 Å². The first kappa shape index (κ1) is 26.8. The van der Waals surface area contributed by atoms with E-state index in [1.165, 1.54) is 38.9 Å². The summed E-state index contributed by atoms with van der Waals surface area (Å²) in [7, 11) is 1.71. The summed E-state index contributed by atoms with van der Waals surface area (Å²) in [6, 6.07) is 46.1. The largest absolute Gasteiger partial charge is 0.507 e. The molecule has 1 fully saturated rings. The summed E-state index contributed by atoms with van der Waals surface area (Å²) in [5, 5.41) is 13.6. The number of phenolic OH excluding ortho intramolecular Hbond substituents is 1. The van der Waals surface area contributed by atoms with Crippen molar-refractivity contribution in [2.45, 2.75) is 43.4 Å². The average Bonchev–Trinajstić information content (AvgIpc) is 3.34. The van der Waals surface area contributed by atoms with Crippen LogP contribution in [0.2, 0.25) is 0 Å². The third-order valence-corrected chi connectivity index (χ3v) is 10.6. The Balaban J connectivity index is 1.33. The highest BCUT2D eigenvalue weighted by atomic mass is 16.5. The van der Waals surface area contributed by atoms with Crippen LogP contribution in [0.3, 0.4) is 0 Å². The molecule has 0 amide bonds. The van der Waals surface area contributed by atoms with Crippen LogP contribution in [0.5, 0.6) is 11.5 Å². The monoisotopic (exact) mass is 572 g/mol. The molecule has 6 aromatic rings. The fraction of sp³-hybridized carbons (Fsp3) is 0.190. The number of phenols is 1. The molecular formula is C42H36O2. The van der Waals surface area contributed by atoms with Crippen LogP contribution < -0.4 is 4.74 Å². The number of fused-ring (bicyclic) bond motifs is 7. The Kier molecular flexibility index (Phi) is 6.17. The Morgan fingerprint density at radius 2 is 1.16 bits per heavy atom. The van der Waals surface area contributed by atoms with Gasteiger partial charge in [0.15, 0.2) is 0 Å². The highest BCUT2D eigenvalue weighted by Gasteiger charge is 2.50. The van der Waals surface area contributed by atoms with Gasteiger partial charge in [-0.25, -0.2) is 0 Å². The first-order valence-corrected chi connectivity index (χ1v) is 15.7. The van der Waals surface area contributed by atoms with Gasteiger partial charge in [0.05, 0.1) is 7.11 Å². The summed E-state index contributed by atoms with van der Waals surface area (Å²) in [5.41, 5.74) is 11.2. The van der Waals surface area contributed by atoms with Gasteiger partial charge in [0.2, 0.25) is 0 Å². The third-order valence-electron chi connectivity index (χ3n) is 10.6. The molecule has 0 heterocycles. The minimum Gasteiger partial charge on any atom is -0.507 e. The molecule has 0 saturated heterocycles. The minimum absolute atomic E-state index is 0.0453. The van der Waals surface area contributed by atoms with E-state index in [0.717, 1.165) is 53.3 Å².